The van der Waals surface area contributed by atoms with Crippen molar-refractivity contribution in [3.05, 3.63) is 53.7 Å². The number of rotatable bonds is 4. The predicted molar refractivity (Wildman–Crippen MR) is 77.4 cm³/mol. The van der Waals surface area contributed by atoms with E-state index in [2.05, 4.69) is 22.1 Å². The van der Waals surface area contributed by atoms with Crippen LogP contribution in [0.4, 0.5) is 0 Å². The maximum atomic E-state index is 12.0. The van der Waals surface area contributed by atoms with Crippen molar-refractivity contribution in [3.8, 4) is 11.8 Å². The molecule has 0 aromatic carbocycles. The van der Waals surface area contributed by atoms with E-state index >= 15 is 0 Å². The van der Waals surface area contributed by atoms with E-state index in [0.717, 1.165) is 0 Å². The molecule has 2 N–H and O–H groups in total. The standard InChI is InChI=1S/C16H16N2O3/c1-12(15-6-4-10-21-15)18-16(20)14-8-7-13(11-17-14)5-2-3-9-19/h4,6-8,10-12,19H,3,9H2,1H3,(H,18,20). The Kier molecular flexibility index (Phi) is 5.13. The number of nitrogens with zero attached hydrogens (tertiary/aromatic N) is 1. The van der Waals surface area contributed by atoms with Gasteiger partial charge in [0, 0.05) is 18.2 Å². The number of furan rings is 1. The molecule has 0 spiro atoms. The van der Waals surface area contributed by atoms with Crippen LogP contribution in [0.3, 0.4) is 0 Å². The van der Waals surface area contributed by atoms with Crippen LogP contribution < -0.4 is 5.32 Å². The molecular formula is C16H16N2O3. The van der Waals surface area contributed by atoms with E-state index in [4.69, 9.17) is 9.52 Å². The Morgan fingerprint density at radius 1 is 1.48 bits per heavy atom. The molecule has 1 unspecified atom stereocenters. The Balaban J connectivity index is 1.98. The molecule has 2 aromatic rings. The predicted octanol–water partition coefficient (Wildman–Crippen LogP) is 1.90. The Morgan fingerprint density at radius 2 is 2.33 bits per heavy atom. The summed E-state index contributed by atoms with van der Waals surface area (Å²) in [5.74, 6) is 6.07. The summed E-state index contributed by atoms with van der Waals surface area (Å²) >= 11 is 0. The average molecular weight is 284 g/mol. The van der Waals surface area contributed by atoms with Gasteiger partial charge in [0.15, 0.2) is 0 Å². The van der Waals surface area contributed by atoms with Gasteiger partial charge in [0.1, 0.15) is 11.5 Å². The van der Waals surface area contributed by atoms with E-state index < -0.39 is 0 Å². The lowest BCUT2D eigenvalue weighted by atomic mass is 10.2. The maximum absolute atomic E-state index is 12.0. The van der Waals surface area contributed by atoms with E-state index in [-0.39, 0.29) is 18.6 Å². The quantitative estimate of drug-likeness (QED) is 0.841. The highest BCUT2D eigenvalue weighted by Crippen LogP contribution is 2.12. The van der Waals surface area contributed by atoms with Gasteiger partial charge in [-0.3, -0.25) is 4.79 Å². The summed E-state index contributed by atoms with van der Waals surface area (Å²) in [6.07, 6.45) is 3.52. The minimum atomic E-state index is -0.270. The minimum Gasteiger partial charge on any atom is -0.467 e. The molecule has 1 atom stereocenters. The van der Waals surface area contributed by atoms with Crippen LogP contribution in [-0.4, -0.2) is 22.6 Å². The molecule has 5 heteroatoms. The van der Waals surface area contributed by atoms with Crippen LogP contribution in [0.5, 0.6) is 0 Å². The van der Waals surface area contributed by atoms with Crippen molar-refractivity contribution >= 4 is 5.91 Å². The number of hydrogen-bond donors (Lipinski definition) is 2. The van der Waals surface area contributed by atoms with E-state index in [1.807, 2.05) is 6.92 Å². The summed E-state index contributed by atoms with van der Waals surface area (Å²) in [7, 11) is 0. The van der Waals surface area contributed by atoms with Crippen molar-refractivity contribution in [1.82, 2.24) is 10.3 Å². The monoisotopic (exact) mass is 284 g/mol. The highest BCUT2D eigenvalue weighted by molar-refractivity contribution is 5.92. The molecule has 2 aromatic heterocycles. The first-order valence-electron chi connectivity index (χ1n) is 6.60. The first-order chi connectivity index (χ1) is 10.2. The molecule has 0 saturated carbocycles. The number of aromatic nitrogens is 1. The average Bonchev–Trinajstić information content (AvgIpc) is 3.02. The summed E-state index contributed by atoms with van der Waals surface area (Å²) < 4.78 is 5.23. The highest BCUT2D eigenvalue weighted by Gasteiger charge is 2.13. The first-order valence-corrected chi connectivity index (χ1v) is 6.60. The third-order valence-corrected chi connectivity index (χ3v) is 2.78. The van der Waals surface area contributed by atoms with Crippen molar-refractivity contribution in [1.29, 1.82) is 0 Å². The second-order valence-corrected chi connectivity index (χ2v) is 4.42. The lowest BCUT2D eigenvalue weighted by molar-refractivity contribution is 0.0930. The number of pyridine rings is 1. The zero-order chi connectivity index (χ0) is 15.1. The summed E-state index contributed by atoms with van der Waals surface area (Å²) in [5.41, 5.74) is 1.03. The molecule has 108 valence electrons. The molecule has 0 bridgehead atoms. The summed E-state index contributed by atoms with van der Waals surface area (Å²) in [6.45, 7) is 1.87. The van der Waals surface area contributed by atoms with Gasteiger partial charge in [-0.15, -0.1) is 0 Å². The second-order valence-electron chi connectivity index (χ2n) is 4.42. The van der Waals surface area contributed by atoms with E-state index in [1.54, 1.807) is 30.5 Å². The van der Waals surface area contributed by atoms with Crippen LogP contribution in [0.2, 0.25) is 0 Å². The zero-order valence-electron chi connectivity index (χ0n) is 11.7. The molecule has 0 aliphatic heterocycles. The number of amides is 1. The van der Waals surface area contributed by atoms with Crippen LogP contribution in [0.1, 0.15) is 41.2 Å². The number of nitrogens with one attached hydrogen (secondary N) is 1. The van der Waals surface area contributed by atoms with Gasteiger partial charge in [-0.2, -0.15) is 0 Å². The molecule has 1 amide bonds. The van der Waals surface area contributed by atoms with Gasteiger partial charge >= 0.3 is 0 Å². The third-order valence-electron chi connectivity index (χ3n) is 2.78. The Hall–Kier alpha value is -2.58. The van der Waals surface area contributed by atoms with Crippen molar-refractivity contribution in [2.75, 3.05) is 6.61 Å². The Morgan fingerprint density at radius 3 is 2.95 bits per heavy atom. The fraction of sp³-hybridized carbons (Fsp3) is 0.250. The van der Waals surface area contributed by atoms with E-state index in [1.165, 1.54) is 6.20 Å². The van der Waals surface area contributed by atoms with Crippen LogP contribution in [-0.2, 0) is 0 Å². The number of hydrogen-bond acceptors (Lipinski definition) is 4. The van der Waals surface area contributed by atoms with E-state index in [9.17, 15) is 4.79 Å². The third kappa shape index (κ3) is 4.20. The molecule has 21 heavy (non-hydrogen) atoms. The molecule has 5 nitrogen and oxygen atoms in total. The molecule has 0 fully saturated rings. The van der Waals surface area contributed by atoms with Crippen LogP contribution in [0.15, 0.2) is 41.1 Å². The molecule has 0 radical (unpaired) electrons. The van der Waals surface area contributed by atoms with Gasteiger partial charge in [-0.25, -0.2) is 4.98 Å². The van der Waals surface area contributed by atoms with Gasteiger partial charge in [0.25, 0.3) is 5.91 Å². The number of carbonyl (C=O) groups excluding carboxylic acids is 1. The summed E-state index contributed by atoms with van der Waals surface area (Å²) in [5, 5.41) is 11.5. The normalized spacial score (nSPS) is 11.3. The first kappa shape index (κ1) is 14.8. The lowest BCUT2D eigenvalue weighted by Gasteiger charge is -2.10. The van der Waals surface area contributed by atoms with E-state index in [0.29, 0.717) is 23.4 Å². The molecular weight excluding hydrogens is 268 g/mol. The topological polar surface area (TPSA) is 75.4 Å². The van der Waals surface area contributed by atoms with Crippen molar-refractivity contribution in [2.24, 2.45) is 0 Å². The molecule has 0 aliphatic rings. The largest absolute Gasteiger partial charge is 0.467 e. The summed E-state index contributed by atoms with van der Waals surface area (Å²) in [4.78, 5) is 16.1. The number of aliphatic hydroxyl groups is 1. The lowest BCUT2D eigenvalue weighted by Crippen LogP contribution is -2.27. The highest BCUT2D eigenvalue weighted by atomic mass is 16.3. The van der Waals surface area contributed by atoms with Crippen molar-refractivity contribution in [3.63, 3.8) is 0 Å². The smallest absolute Gasteiger partial charge is 0.270 e. The zero-order valence-corrected chi connectivity index (χ0v) is 11.7. The van der Waals surface area contributed by atoms with Crippen molar-refractivity contribution < 1.29 is 14.3 Å². The van der Waals surface area contributed by atoms with Crippen LogP contribution in [0, 0.1) is 11.8 Å². The van der Waals surface area contributed by atoms with Crippen LogP contribution >= 0.6 is 0 Å². The Bertz CT molecular complexity index is 636. The van der Waals surface area contributed by atoms with Gasteiger partial charge in [-0.05, 0) is 31.2 Å². The number of aliphatic hydroxyl groups excluding tert-OH is 1. The van der Waals surface area contributed by atoms with Gasteiger partial charge in [0.2, 0.25) is 0 Å². The molecule has 2 heterocycles. The Labute approximate surface area is 123 Å². The van der Waals surface area contributed by atoms with Crippen LogP contribution in [0.25, 0.3) is 0 Å². The number of carbonyl (C=O) groups is 1. The fourth-order valence-electron chi connectivity index (χ4n) is 1.70. The molecule has 0 aliphatic carbocycles. The molecule has 2 rings (SSSR count). The molecule has 0 saturated heterocycles. The van der Waals surface area contributed by atoms with Gasteiger partial charge < -0.3 is 14.8 Å². The van der Waals surface area contributed by atoms with Gasteiger partial charge in [-0.1, -0.05) is 11.8 Å². The van der Waals surface area contributed by atoms with Gasteiger partial charge in [0.05, 0.1) is 18.9 Å². The maximum Gasteiger partial charge on any atom is 0.270 e. The minimum absolute atomic E-state index is 0.0333. The second kappa shape index (κ2) is 7.27. The fourth-order valence-corrected chi connectivity index (χ4v) is 1.70. The summed E-state index contributed by atoms with van der Waals surface area (Å²) in [6, 6.07) is 6.70. The SMILES string of the molecule is CC(NC(=O)c1ccc(C#CCCO)cn1)c1ccco1. The van der Waals surface area contributed by atoms with Crippen molar-refractivity contribution in [2.45, 2.75) is 19.4 Å².